The highest BCUT2D eigenvalue weighted by atomic mass is 32.2. The number of halogens is 2. The van der Waals surface area contributed by atoms with Crippen LogP contribution in [0.4, 0.5) is 8.78 Å². The second-order valence-electron chi connectivity index (χ2n) is 10.6. The number of nitrogens with one attached hydrogen (secondary N) is 2. The second-order valence-corrected chi connectivity index (χ2v) is 11.4. The highest BCUT2D eigenvalue weighted by Crippen LogP contribution is 2.21. The molecule has 0 saturated heterocycles. The average Bonchev–Trinajstić information content (AvgIpc) is 3.00. The second kappa shape index (κ2) is 16.9. The third kappa shape index (κ3) is 9.58. The van der Waals surface area contributed by atoms with Crippen LogP contribution < -0.4 is 10.6 Å². The van der Waals surface area contributed by atoms with Crippen LogP contribution in [0.1, 0.15) is 69.8 Å². The molecule has 2 atom stereocenters. The number of amides is 2. The maximum absolute atomic E-state index is 14.1. The molecule has 0 aliphatic carbocycles. The van der Waals surface area contributed by atoms with Gasteiger partial charge in [-0.05, 0) is 86.0 Å². The zero-order valence-electron chi connectivity index (χ0n) is 25.5. The number of hydrogen-bond donors (Lipinski definition) is 3. The minimum atomic E-state index is -1.13. The van der Waals surface area contributed by atoms with E-state index in [1.165, 1.54) is 34.9 Å². The van der Waals surface area contributed by atoms with Gasteiger partial charge < -0.3 is 20.6 Å². The molecule has 2 amide bonds. The standard InChI is InChI=1S/C33H39F2N5O3S/c1-5-9-38-31(42)24-11-21(3)12-25(16-24)33(43)40(10-6-2)29(15-22-13-26(34)17-27(35)14-22)30(41)20-37-19-28-8-7-23(18-36)32(39-28)44-4/h7-8,11-14,16-17,29-30,37,41H,5-6,9-10,15,19-20H2,1-4H3,(H,38,42)/t29-,30+/m0/s1. The van der Waals surface area contributed by atoms with Crippen molar-refractivity contribution in [1.29, 1.82) is 5.26 Å². The van der Waals surface area contributed by atoms with Gasteiger partial charge in [-0.1, -0.05) is 13.8 Å². The van der Waals surface area contributed by atoms with Crippen LogP contribution in [0.2, 0.25) is 0 Å². The van der Waals surface area contributed by atoms with Crippen molar-refractivity contribution in [2.45, 2.75) is 63.8 Å². The Hall–Kier alpha value is -3.85. The molecule has 11 heteroatoms. The van der Waals surface area contributed by atoms with Gasteiger partial charge in [0.2, 0.25) is 0 Å². The highest BCUT2D eigenvalue weighted by Gasteiger charge is 2.31. The Balaban J connectivity index is 1.92. The van der Waals surface area contributed by atoms with E-state index in [0.717, 1.165) is 18.1 Å². The Morgan fingerprint density at radius 1 is 1.07 bits per heavy atom. The predicted molar refractivity (Wildman–Crippen MR) is 167 cm³/mol. The zero-order valence-corrected chi connectivity index (χ0v) is 26.3. The van der Waals surface area contributed by atoms with E-state index < -0.39 is 29.7 Å². The van der Waals surface area contributed by atoms with Crippen molar-refractivity contribution in [3.63, 3.8) is 0 Å². The number of aliphatic hydroxyl groups excluding tert-OH is 1. The van der Waals surface area contributed by atoms with Gasteiger partial charge in [0.15, 0.2) is 0 Å². The summed E-state index contributed by atoms with van der Waals surface area (Å²) < 4.78 is 28.3. The Bertz CT molecular complexity index is 1480. The molecule has 0 bridgehead atoms. The van der Waals surface area contributed by atoms with E-state index in [4.69, 9.17) is 0 Å². The molecular formula is C33H39F2N5O3S. The average molecular weight is 624 g/mol. The summed E-state index contributed by atoms with van der Waals surface area (Å²) in [5.41, 5.74) is 2.78. The first-order valence-corrected chi connectivity index (χ1v) is 15.8. The molecule has 44 heavy (non-hydrogen) atoms. The molecule has 3 aromatic rings. The van der Waals surface area contributed by atoms with Gasteiger partial charge in [0, 0.05) is 43.4 Å². The molecule has 0 saturated carbocycles. The molecule has 234 valence electrons. The van der Waals surface area contributed by atoms with Gasteiger partial charge in [0.05, 0.1) is 23.4 Å². The van der Waals surface area contributed by atoms with E-state index in [2.05, 4.69) is 21.7 Å². The lowest BCUT2D eigenvalue weighted by Crippen LogP contribution is -2.51. The minimum Gasteiger partial charge on any atom is -0.390 e. The van der Waals surface area contributed by atoms with E-state index in [1.54, 1.807) is 31.2 Å². The third-order valence-corrected chi connectivity index (χ3v) is 7.65. The first kappa shape index (κ1) is 34.6. The van der Waals surface area contributed by atoms with Crippen molar-refractivity contribution < 1.29 is 23.5 Å². The van der Waals surface area contributed by atoms with Crippen LogP contribution in [-0.2, 0) is 13.0 Å². The van der Waals surface area contributed by atoms with Gasteiger partial charge in [0.1, 0.15) is 22.7 Å². The topological polar surface area (TPSA) is 118 Å². The van der Waals surface area contributed by atoms with Crippen LogP contribution in [0.25, 0.3) is 0 Å². The Morgan fingerprint density at radius 2 is 1.77 bits per heavy atom. The number of rotatable bonds is 15. The van der Waals surface area contributed by atoms with Gasteiger partial charge in [-0.2, -0.15) is 5.26 Å². The van der Waals surface area contributed by atoms with Gasteiger partial charge >= 0.3 is 0 Å². The molecule has 1 heterocycles. The Kier molecular flexibility index (Phi) is 13.3. The predicted octanol–water partition coefficient (Wildman–Crippen LogP) is 5.02. The Labute approximate surface area is 261 Å². The molecule has 0 aliphatic heterocycles. The van der Waals surface area contributed by atoms with E-state index in [9.17, 15) is 28.7 Å². The van der Waals surface area contributed by atoms with Gasteiger partial charge in [-0.15, -0.1) is 11.8 Å². The summed E-state index contributed by atoms with van der Waals surface area (Å²) >= 11 is 1.36. The first-order chi connectivity index (χ1) is 21.1. The molecular weight excluding hydrogens is 584 g/mol. The lowest BCUT2D eigenvalue weighted by atomic mass is 9.97. The van der Waals surface area contributed by atoms with E-state index >= 15 is 0 Å². The number of carbonyl (C=O) groups is 2. The summed E-state index contributed by atoms with van der Waals surface area (Å²) in [4.78, 5) is 32.8. The number of aryl methyl sites for hydroxylation is 1. The molecule has 0 radical (unpaired) electrons. The molecule has 0 spiro atoms. The highest BCUT2D eigenvalue weighted by molar-refractivity contribution is 7.98. The molecule has 0 unspecified atom stereocenters. The maximum Gasteiger partial charge on any atom is 0.254 e. The van der Waals surface area contributed by atoms with E-state index in [0.29, 0.717) is 40.4 Å². The maximum atomic E-state index is 14.1. The van der Waals surface area contributed by atoms with Crippen molar-refractivity contribution in [2.75, 3.05) is 25.9 Å². The number of aromatic nitrogens is 1. The third-order valence-electron chi connectivity index (χ3n) is 6.95. The van der Waals surface area contributed by atoms with E-state index in [1.807, 2.05) is 20.1 Å². The summed E-state index contributed by atoms with van der Waals surface area (Å²) in [5, 5.41) is 27.3. The summed E-state index contributed by atoms with van der Waals surface area (Å²) in [5.74, 6) is -2.20. The largest absolute Gasteiger partial charge is 0.390 e. The molecule has 1 aromatic heterocycles. The Morgan fingerprint density at radius 3 is 2.41 bits per heavy atom. The van der Waals surface area contributed by atoms with Crippen LogP contribution in [0.3, 0.4) is 0 Å². The normalized spacial score (nSPS) is 12.3. The van der Waals surface area contributed by atoms with Crippen LogP contribution in [0.5, 0.6) is 0 Å². The van der Waals surface area contributed by atoms with Crippen LogP contribution in [-0.4, -0.2) is 64.8 Å². The minimum absolute atomic E-state index is 0.00926. The van der Waals surface area contributed by atoms with Gasteiger partial charge in [-0.3, -0.25) is 9.59 Å². The van der Waals surface area contributed by atoms with Crippen LogP contribution >= 0.6 is 11.8 Å². The van der Waals surface area contributed by atoms with Crippen molar-refractivity contribution in [2.24, 2.45) is 0 Å². The number of nitriles is 1. The molecule has 2 aromatic carbocycles. The number of thioether (sulfide) groups is 1. The summed E-state index contributed by atoms with van der Waals surface area (Å²) in [6.07, 6.45) is 2.01. The fourth-order valence-electron chi connectivity index (χ4n) is 4.93. The molecule has 0 fully saturated rings. The smallest absolute Gasteiger partial charge is 0.254 e. The monoisotopic (exact) mass is 623 g/mol. The number of hydrogen-bond acceptors (Lipinski definition) is 7. The zero-order chi connectivity index (χ0) is 32.2. The van der Waals surface area contributed by atoms with Crippen LogP contribution in [0.15, 0.2) is 53.6 Å². The van der Waals surface area contributed by atoms with Crippen molar-refractivity contribution in [3.8, 4) is 6.07 Å². The van der Waals surface area contributed by atoms with Gasteiger partial charge in [-0.25, -0.2) is 13.8 Å². The number of pyridine rings is 1. The SMILES string of the molecule is CCCNC(=O)c1cc(C)cc(C(=O)N(CCC)[C@@H](Cc2cc(F)cc(F)c2)[C@H](O)CNCc2ccc(C#N)c(SC)n2)c1. The molecule has 8 nitrogen and oxygen atoms in total. The molecule has 3 N–H and O–H groups in total. The van der Waals surface area contributed by atoms with E-state index in [-0.39, 0.29) is 37.5 Å². The molecule has 3 rings (SSSR count). The first-order valence-electron chi connectivity index (χ1n) is 14.6. The number of carbonyl (C=O) groups excluding carboxylic acids is 2. The summed E-state index contributed by atoms with van der Waals surface area (Å²) in [6, 6.07) is 12.8. The fourth-order valence-corrected chi connectivity index (χ4v) is 5.47. The summed E-state index contributed by atoms with van der Waals surface area (Å²) in [6.45, 7) is 6.73. The summed E-state index contributed by atoms with van der Waals surface area (Å²) in [7, 11) is 0. The van der Waals surface area contributed by atoms with Crippen molar-refractivity contribution in [3.05, 3.63) is 93.7 Å². The van der Waals surface area contributed by atoms with Crippen molar-refractivity contribution in [1.82, 2.24) is 20.5 Å². The lowest BCUT2D eigenvalue weighted by molar-refractivity contribution is 0.0353. The fraction of sp³-hybridized carbons (Fsp3) is 0.394. The van der Waals surface area contributed by atoms with Crippen LogP contribution in [0, 0.1) is 29.9 Å². The molecule has 0 aliphatic rings. The quantitative estimate of drug-likeness (QED) is 0.204. The number of nitrogens with zero attached hydrogens (tertiary/aromatic N) is 3. The lowest BCUT2D eigenvalue weighted by Gasteiger charge is -2.35. The van der Waals surface area contributed by atoms with Gasteiger partial charge in [0.25, 0.3) is 11.8 Å². The number of benzene rings is 2. The number of aliphatic hydroxyl groups is 1. The van der Waals surface area contributed by atoms with Crippen molar-refractivity contribution >= 4 is 23.6 Å².